The molecule has 0 aliphatic carbocycles. The van der Waals surface area contributed by atoms with Crippen molar-refractivity contribution in [1.29, 1.82) is 0 Å². The lowest BCUT2D eigenvalue weighted by Gasteiger charge is -2.32. The Morgan fingerprint density at radius 2 is 1.84 bits per heavy atom. The molecule has 2 amide bonds. The number of carbonyl (C=O) groups is 2. The van der Waals surface area contributed by atoms with E-state index in [-0.39, 0.29) is 23.7 Å². The van der Waals surface area contributed by atoms with Gasteiger partial charge in [0.2, 0.25) is 5.91 Å². The lowest BCUT2D eigenvalue weighted by atomic mass is 9.99. The second-order valence-corrected chi connectivity index (χ2v) is 8.89. The van der Waals surface area contributed by atoms with Crippen LogP contribution in [0.4, 0.5) is 10.1 Å². The number of nitrogens with one attached hydrogen (secondary N) is 1. The van der Waals surface area contributed by atoms with E-state index in [1.54, 1.807) is 6.92 Å². The van der Waals surface area contributed by atoms with Crippen molar-refractivity contribution in [2.24, 2.45) is 5.92 Å². The summed E-state index contributed by atoms with van der Waals surface area (Å²) < 4.78 is 13.1. The SMILES string of the molecule is Cc1nc([C@H]2CCCN2C(=O)CN2CCC(C)CC2)ncc1C(=O)Nc1ccc(F)cc1. The van der Waals surface area contributed by atoms with E-state index in [0.717, 1.165) is 44.7 Å². The van der Waals surface area contributed by atoms with Crippen molar-refractivity contribution < 1.29 is 14.0 Å². The van der Waals surface area contributed by atoms with Crippen LogP contribution in [-0.2, 0) is 4.79 Å². The zero-order valence-electron chi connectivity index (χ0n) is 18.7. The molecule has 170 valence electrons. The quantitative estimate of drug-likeness (QED) is 0.771. The van der Waals surface area contributed by atoms with Crippen molar-refractivity contribution in [3.63, 3.8) is 0 Å². The Morgan fingerprint density at radius 1 is 1.12 bits per heavy atom. The molecule has 0 radical (unpaired) electrons. The molecule has 1 aromatic heterocycles. The van der Waals surface area contributed by atoms with Crippen molar-refractivity contribution >= 4 is 17.5 Å². The van der Waals surface area contributed by atoms with Crippen LogP contribution in [0.25, 0.3) is 0 Å². The Kier molecular flexibility index (Phi) is 6.79. The maximum absolute atomic E-state index is 13.1. The first-order chi connectivity index (χ1) is 15.4. The van der Waals surface area contributed by atoms with E-state index < -0.39 is 0 Å². The summed E-state index contributed by atoms with van der Waals surface area (Å²) in [6.07, 6.45) is 5.54. The summed E-state index contributed by atoms with van der Waals surface area (Å²) in [5.41, 5.74) is 1.41. The summed E-state index contributed by atoms with van der Waals surface area (Å²) >= 11 is 0. The number of hydrogen-bond acceptors (Lipinski definition) is 5. The Hall–Kier alpha value is -2.87. The molecule has 2 aliphatic rings. The highest BCUT2D eigenvalue weighted by atomic mass is 19.1. The van der Waals surface area contributed by atoms with Gasteiger partial charge in [-0.25, -0.2) is 14.4 Å². The minimum Gasteiger partial charge on any atom is -0.331 e. The molecule has 0 bridgehead atoms. The summed E-state index contributed by atoms with van der Waals surface area (Å²) in [7, 11) is 0. The van der Waals surface area contributed by atoms with Gasteiger partial charge in [-0.05, 0) is 75.9 Å². The van der Waals surface area contributed by atoms with Crippen molar-refractivity contribution in [2.75, 3.05) is 31.5 Å². The van der Waals surface area contributed by atoms with Gasteiger partial charge in [0.1, 0.15) is 5.82 Å². The molecule has 1 aromatic carbocycles. The molecular weight excluding hydrogens is 409 g/mol. The lowest BCUT2D eigenvalue weighted by molar-refractivity contribution is -0.133. The van der Waals surface area contributed by atoms with Crippen LogP contribution in [0, 0.1) is 18.7 Å². The number of hydrogen-bond donors (Lipinski definition) is 1. The number of anilines is 1. The molecule has 2 saturated heterocycles. The molecule has 0 unspecified atom stereocenters. The Morgan fingerprint density at radius 3 is 2.53 bits per heavy atom. The number of likely N-dealkylation sites (tertiary alicyclic amines) is 2. The first-order valence-corrected chi connectivity index (χ1v) is 11.3. The van der Waals surface area contributed by atoms with E-state index in [1.165, 1.54) is 30.5 Å². The molecule has 0 spiro atoms. The maximum atomic E-state index is 13.1. The first kappa shape index (κ1) is 22.3. The molecular formula is C24H30FN5O2. The Labute approximate surface area is 188 Å². The molecule has 7 nitrogen and oxygen atoms in total. The van der Waals surface area contributed by atoms with Gasteiger partial charge in [-0.2, -0.15) is 0 Å². The maximum Gasteiger partial charge on any atom is 0.259 e. The predicted molar refractivity (Wildman–Crippen MR) is 120 cm³/mol. The highest BCUT2D eigenvalue weighted by molar-refractivity contribution is 6.04. The van der Waals surface area contributed by atoms with Gasteiger partial charge >= 0.3 is 0 Å². The molecule has 2 fully saturated rings. The van der Waals surface area contributed by atoms with Crippen molar-refractivity contribution in [3.05, 3.63) is 53.4 Å². The number of amides is 2. The number of rotatable bonds is 5. The third-order valence-electron chi connectivity index (χ3n) is 6.45. The van der Waals surface area contributed by atoms with Gasteiger partial charge in [0, 0.05) is 18.4 Å². The molecule has 0 saturated carbocycles. The lowest BCUT2D eigenvalue weighted by Crippen LogP contribution is -2.43. The Balaban J connectivity index is 1.42. The van der Waals surface area contributed by atoms with Crippen LogP contribution in [0.15, 0.2) is 30.5 Å². The summed E-state index contributed by atoms with van der Waals surface area (Å²) in [6.45, 7) is 7.13. The highest BCUT2D eigenvalue weighted by Gasteiger charge is 2.33. The van der Waals surface area contributed by atoms with Crippen LogP contribution in [0.3, 0.4) is 0 Å². The van der Waals surface area contributed by atoms with Gasteiger partial charge in [0.25, 0.3) is 5.91 Å². The van der Waals surface area contributed by atoms with Crippen LogP contribution in [0.5, 0.6) is 0 Å². The second-order valence-electron chi connectivity index (χ2n) is 8.89. The molecule has 32 heavy (non-hydrogen) atoms. The molecule has 1 atom stereocenters. The summed E-state index contributed by atoms with van der Waals surface area (Å²) in [5.74, 6) is 0.730. The Bertz CT molecular complexity index is 973. The number of aromatic nitrogens is 2. The molecule has 8 heteroatoms. The van der Waals surface area contributed by atoms with Gasteiger partial charge in [-0.1, -0.05) is 6.92 Å². The van der Waals surface area contributed by atoms with E-state index in [2.05, 4.69) is 27.1 Å². The standard InChI is InChI=1S/C24H30FN5O2/c1-16-9-12-29(13-10-16)15-22(31)30-11-3-4-21(30)23-26-14-20(17(2)27-23)24(32)28-19-7-5-18(25)6-8-19/h5-8,14,16,21H,3-4,9-13,15H2,1-2H3,(H,28,32)/t21-/m1/s1. The van der Waals surface area contributed by atoms with Crippen LogP contribution in [0.2, 0.25) is 0 Å². The van der Waals surface area contributed by atoms with Crippen LogP contribution in [0.1, 0.15) is 60.5 Å². The smallest absolute Gasteiger partial charge is 0.259 e. The fraction of sp³-hybridized carbons (Fsp3) is 0.500. The van der Waals surface area contributed by atoms with Crippen molar-refractivity contribution in [2.45, 2.75) is 45.6 Å². The molecule has 2 aromatic rings. The number of nitrogens with zero attached hydrogens (tertiary/aromatic N) is 4. The highest BCUT2D eigenvalue weighted by Crippen LogP contribution is 2.30. The van der Waals surface area contributed by atoms with Crippen molar-refractivity contribution in [1.82, 2.24) is 19.8 Å². The van der Waals surface area contributed by atoms with Crippen LogP contribution < -0.4 is 5.32 Å². The van der Waals surface area contributed by atoms with E-state index in [9.17, 15) is 14.0 Å². The fourth-order valence-electron chi connectivity index (χ4n) is 4.44. The fourth-order valence-corrected chi connectivity index (χ4v) is 4.44. The van der Waals surface area contributed by atoms with Gasteiger partial charge in [0.15, 0.2) is 5.82 Å². The summed E-state index contributed by atoms with van der Waals surface area (Å²) in [4.78, 5) is 38.8. The molecule has 4 rings (SSSR count). The number of piperidine rings is 1. The van der Waals surface area contributed by atoms with Gasteiger partial charge in [0.05, 0.1) is 23.8 Å². The predicted octanol–water partition coefficient (Wildman–Crippen LogP) is 3.57. The molecule has 2 aliphatic heterocycles. The average Bonchev–Trinajstić information content (AvgIpc) is 3.27. The minimum absolute atomic E-state index is 0.126. The number of halogens is 1. The zero-order valence-corrected chi connectivity index (χ0v) is 18.7. The van der Waals surface area contributed by atoms with E-state index in [4.69, 9.17) is 0 Å². The molecule has 3 heterocycles. The molecule has 1 N–H and O–H groups in total. The monoisotopic (exact) mass is 439 g/mol. The number of benzene rings is 1. The third-order valence-corrected chi connectivity index (χ3v) is 6.45. The summed E-state index contributed by atoms with van der Waals surface area (Å²) in [6, 6.07) is 5.43. The van der Waals surface area contributed by atoms with Crippen LogP contribution >= 0.6 is 0 Å². The van der Waals surface area contributed by atoms with E-state index in [1.807, 2.05) is 4.90 Å². The van der Waals surface area contributed by atoms with Gasteiger partial charge in [-0.15, -0.1) is 0 Å². The van der Waals surface area contributed by atoms with E-state index in [0.29, 0.717) is 35.9 Å². The average molecular weight is 440 g/mol. The largest absolute Gasteiger partial charge is 0.331 e. The van der Waals surface area contributed by atoms with Gasteiger partial charge < -0.3 is 10.2 Å². The van der Waals surface area contributed by atoms with Gasteiger partial charge in [-0.3, -0.25) is 14.5 Å². The van der Waals surface area contributed by atoms with Crippen molar-refractivity contribution in [3.8, 4) is 0 Å². The first-order valence-electron chi connectivity index (χ1n) is 11.3. The number of carbonyl (C=O) groups excluding carboxylic acids is 2. The van der Waals surface area contributed by atoms with E-state index >= 15 is 0 Å². The normalized spacial score (nSPS) is 19.8. The zero-order chi connectivity index (χ0) is 22.7. The number of aryl methyl sites for hydroxylation is 1. The third kappa shape index (κ3) is 5.12. The summed E-state index contributed by atoms with van der Waals surface area (Å²) in [5, 5.41) is 2.74. The second kappa shape index (κ2) is 9.73. The minimum atomic E-state index is -0.364. The topological polar surface area (TPSA) is 78.4 Å². The van der Waals surface area contributed by atoms with Crippen LogP contribution in [-0.4, -0.2) is 57.8 Å².